The van der Waals surface area contributed by atoms with Crippen molar-refractivity contribution in [1.29, 1.82) is 0 Å². The fraction of sp³-hybridized carbons (Fsp3) is 0.600. The van der Waals surface area contributed by atoms with Crippen molar-refractivity contribution in [2.45, 2.75) is 51.2 Å². The van der Waals surface area contributed by atoms with Gasteiger partial charge in [-0.3, -0.25) is 4.18 Å². The van der Waals surface area contributed by atoms with E-state index in [2.05, 4.69) is 6.92 Å². The van der Waals surface area contributed by atoms with Gasteiger partial charge in [0.25, 0.3) is 10.1 Å². The van der Waals surface area contributed by atoms with Gasteiger partial charge in [0.1, 0.15) is 5.75 Å². The molecular weight excluding hydrogens is 331 g/mol. The Balaban J connectivity index is 2.33. The molecule has 21 heavy (non-hydrogen) atoms. The number of benzene rings is 1. The lowest BCUT2D eigenvalue weighted by Crippen LogP contribution is -2.10. The fourth-order valence-corrected chi connectivity index (χ4v) is 3.61. The number of halogens is 2. The van der Waals surface area contributed by atoms with Crippen LogP contribution in [-0.4, -0.2) is 15.0 Å². The molecule has 0 aromatic heterocycles. The zero-order valence-electron chi connectivity index (χ0n) is 12.3. The van der Waals surface area contributed by atoms with Gasteiger partial charge in [-0.15, -0.1) is 0 Å². The first-order valence-corrected chi connectivity index (χ1v) is 9.58. The Morgan fingerprint density at radius 1 is 0.952 bits per heavy atom. The highest BCUT2D eigenvalue weighted by atomic mass is 35.5. The molecule has 0 amide bonds. The molecular formula is C15H22Cl2O3S. The molecule has 0 spiro atoms. The molecule has 0 fully saturated rings. The molecule has 1 rings (SSSR count). The maximum Gasteiger partial charge on any atom is 0.271 e. The largest absolute Gasteiger partial charge is 0.271 e. The highest BCUT2D eigenvalue weighted by Crippen LogP contribution is 2.21. The van der Waals surface area contributed by atoms with Crippen LogP contribution in [0.15, 0.2) is 18.2 Å². The van der Waals surface area contributed by atoms with Crippen LogP contribution in [0.2, 0.25) is 10.0 Å². The minimum Gasteiger partial charge on any atom is -0.270 e. The molecule has 0 N–H and O–H groups in total. The van der Waals surface area contributed by atoms with Gasteiger partial charge in [-0.1, -0.05) is 62.2 Å². The summed E-state index contributed by atoms with van der Waals surface area (Å²) in [5.74, 6) is -0.205. The van der Waals surface area contributed by atoms with Gasteiger partial charge < -0.3 is 0 Å². The van der Waals surface area contributed by atoms with Crippen LogP contribution >= 0.6 is 23.2 Å². The highest BCUT2D eigenvalue weighted by Gasteiger charge is 2.13. The van der Waals surface area contributed by atoms with Crippen LogP contribution in [0.4, 0.5) is 0 Å². The summed E-state index contributed by atoms with van der Waals surface area (Å²) in [7, 11) is -3.58. The second kappa shape index (κ2) is 9.67. The summed E-state index contributed by atoms with van der Waals surface area (Å²) >= 11 is 11.7. The summed E-state index contributed by atoms with van der Waals surface area (Å²) in [5, 5.41) is 0.840. The van der Waals surface area contributed by atoms with E-state index in [1.807, 2.05) is 0 Å². The summed E-state index contributed by atoms with van der Waals surface area (Å²) in [6.45, 7) is 2.40. The van der Waals surface area contributed by atoms with Crippen molar-refractivity contribution in [1.82, 2.24) is 0 Å². The average Bonchev–Trinajstić information content (AvgIpc) is 2.35. The summed E-state index contributed by atoms with van der Waals surface area (Å²) in [5.41, 5.74) is 0.537. The van der Waals surface area contributed by atoms with Gasteiger partial charge in [0, 0.05) is 10.0 Å². The first-order chi connectivity index (χ1) is 9.93. The van der Waals surface area contributed by atoms with Crippen LogP contribution in [0.1, 0.15) is 51.0 Å². The van der Waals surface area contributed by atoms with E-state index in [0.717, 1.165) is 19.3 Å². The van der Waals surface area contributed by atoms with E-state index in [1.165, 1.54) is 19.3 Å². The van der Waals surface area contributed by atoms with Gasteiger partial charge in [0.15, 0.2) is 0 Å². The fourth-order valence-electron chi connectivity index (χ4n) is 2.01. The third-order valence-electron chi connectivity index (χ3n) is 3.03. The lowest BCUT2D eigenvalue weighted by molar-refractivity contribution is 0.305. The normalized spacial score (nSPS) is 11.8. The molecule has 0 saturated carbocycles. The first-order valence-electron chi connectivity index (χ1n) is 7.25. The minimum absolute atomic E-state index is 0.205. The average molecular weight is 353 g/mol. The van der Waals surface area contributed by atoms with E-state index in [-0.39, 0.29) is 12.4 Å². The smallest absolute Gasteiger partial charge is 0.270 e. The molecule has 0 heterocycles. The molecule has 120 valence electrons. The van der Waals surface area contributed by atoms with Crippen molar-refractivity contribution in [2.24, 2.45) is 0 Å². The third kappa shape index (κ3) is 8.67. The van der Waals surface area contributed by atoms with Crippen molar-refractivity contribution >= 4 is 33.3 Å². The number of hydrogen-bond donors (Lipinski definition) is 0. The van der Waals surface area contributed by atoms with Crippen molar-refractivity contribution in [2.75, 3.05) is 6.61 Å². The monoisotopic (exact) mass is 352 g/mol. The SMILES string of the molecule is CCCCCCCCOS(=O)(=O)Cc1cc(Cl)cc(Cl)c1. The van der Waals surface area contributed by atoms with E-state index >= 15 is 0 Å². The summed E-state index contributed by atoms with van der Waals surface area (Å²) in [4.78, 5) is 0. The Hall–Kier alpha value is -0.290. The number of unbranched alkanes of at least 4 members (excludes halogenated alkanes) is 5. The van der Waals surface area contributed by atoms with Gasteiger partial charge in [0.2, 0.25) is 0 Å². The molecule has 0 saturated heterocycles. The lowest BCUT2D eigenvalue weighted by Gasteiger charge is -2.07. The van der Waals surface area contributed by atoms with Crippen LogP contribution in [0.5, 0.6) is 0 Å². The van der Waals surface area contributed by atoms with Crippen molar-refractivity contribution in [3.05, 3.63) is 33.8 Å². The molecule has 0 bridgehead atoms. The van der Waals surface area contributed by atoms with E-state index in [4.69, 9.17) is 27.4 Å². The Morgan fingerprint density at radius 3 is 2.14 bits per heavy atom. The standard InChI is InChI=1S/C15H22Cl2O3S/c1-2-3-4-5-6-7-8-20-21(18,19)12-13-9-14(16)11-15(17)10-13/h9-11H,2-8,12H2,1H3. The minimum atomic E-state index is -3.58. The second-order valence-electron chi connectivity index (χ2n) is 5.07. The van der Waals surface area contributed by atoms with Crippen LogP contribution in [-0.2, 0) is 20.1 Å². The van der Waals surface area contributed by atoms with E-state index in [1.54, 1.807) is 18.2 Å². The zero-order valence-corrected chi connectivity index (χ0v) is 14.6. The molecule has 0 aliphatic rings. The summed E-state index contributed by atoms with van der Waals surface area (Å²) < 4.78 is 28.7. The van der Waals surface area contributed by atoms with Crippen molar-refractivity contribution in [3.8, 4) is 0 Å². The van der Waals surface area contributed by atoms with Crippen LogP contribution < -0.4 is 0 Å². The van der Waals surface area contributed by atoms with Gasteiger partial charge in [-0.05, 0) is 30.2 Å². The maximum absolute atomic E-state index is 11.8. The molecule has 1 aromatic carbocycles. The van der Waals surface area contributed by atoms with Crippen molar-refractivity contribution in [3.63, 3.8) is 0 Å². The van der Waals surface area contributed by atoms with Crippen LogP contribution in [0.3, 0.4) is 0 Å². The molecule has 0 radical (unpaired) electrons. The molecule has 0 aliphatic heterocycles. The Bertz CT molecular complexity index is 509. The van der Waals surface area contributed by atoms with Crippen LogP contribution in [0, 0.1) is 0 Å². The third-order valence-corrected chi connectivity index (χ3v) is 4.68. The van der Waals surface area contributed by atoms with Crippen molar-refractivity contribution < 1.29 is 12.6 Å². The quantitative estimate of drug-likeness (QED) is 0.429. The first kappa shape index (κ1) is 18.8. The molecule has 0 aliphatic carbocycles. The molecule has 1 aromatic rings. The lowest BCUT2D eigenvalue weighted by atomic mass is 10.1. The second-order valence-corrected chi connectivity index (χ2v) is 7.58. The van der Waals surface area contributed by atoms with Crippen LogP contribution in [0.25, 0.3) is 0 Å². The number of hydrogen-bond acceptors (Lipinski definition) is 3. The van der Waals surface area contributed by atoms with Gasteiger partial charge >= 0.3 is 0 Å². The number of rotatable bonds is 10. The molecule has 6 heteroatoms. The highest BCUT2D eigenvalue weighted by molar-refractivity contribution is 7.85. The Labute approximate surface area is 137 Å². The zero-order chi connectivity index (χ0) is 15.7. The van der Waals surface area contributed by atoms with E-state index < -0.39 is 10.1 Å². The van der Waals surface area contributed by atoms with E-state index in [0.29, 0.717) is 15.6 Å². The van der Waals surface area contributed by atoms with Gasteiger partial charge in [-0.25, -0.2) is 0 Å². The summed E-state index contributed by atoms with van der Waals surface area (Å²) in [6, 6.07) is 4.73. The maximum atomic E-state index is 11.8. The predicted octanol–water partition coefficient (Wildman–Crippen LogP) is 5.20. The molecule has 0 atom stereocenters. The predicted molar refractivity (Wildman–Crippen MR) is 88.4 cm³/mol. The molecule has 0 unspecified atom stereocenters. The molecule has 3 nitrogen and oxygen atoms in total. The Kier molecular flexibility index (Phi) is 8.64. The summed E-state index contributed by atoms with van der Waals surface area (Å²) in [6.07, 6.45) is 6.52. The van der Waals surface area contributed by atoms with Gasteiger partial charge in [-0.2, -0.15) is 8.42 Å². The Morgan fingerprint density at radius 2 is 1.52 bits per heavy atom. The topological polar surface area (TPSA) is 43.4 Å². The van der Waals surface area contributed by atoms with Gasteiger partial charge in [0.05, 0.1) is 6.61 Å². The van der Waals surface area contributed by atoms with E-state index in [9.17, 15) is 8.42 Å².